The highest BCUT2D eigenvalue weighted by molar-refractivity contribution is 5.88. The molecule has 0 aliphatic carbocycles. The van der Waals surface area contributed by atoms with Gasteiger partial charge in [0, 0.05) is 11.8 Å². The Kier molecular flexibility index (Phi) is 3.44. The Morgan fingerprint density at radius 1 is 1.37 bits per heavy atom. The molecule has 0 atom stereocenters. The van der Waals surface area contributed by atoms with Crippen LogP contribution in [0.2, 0.25) is 0 Å². The summed E-state index contributed by atoms with van der Waals surface area (Å²) in [6.07, 6.45) is 3.47. The molecular weight excluding hydrogens is 242 g/mol. The van der Waals surface area contributed by atoms with Crippen molar-refractivity contribution in [2.45, 2.75) is 6.92 Å². The monoisotopic (exact) mass is 253 g/mol. The normalized spacial score (nSPS) is 11.1. The molecule has 1 aromatic carbocycles. The lowest BCUT2D eigenvalue weighted by atomic mass is 10.0. The van der Waals surface area contributed by atoms with Crippen molar-refractivity contribution in [1.82, 2.24) is 4.98 Å². The minimum absolute atomic E-state index is 0.251. The third-order valence-corrected chi connectivity index (χ3v) is 2.76. The van der Waals surface area contributed by atoms with Gasteiger partial charge in [-0.05, 0) is 36.2 Å². The van der Waals surface area contributed by atoms with E-state index < -0.39 is 5.97 Å². The van der Waals surface area contributed by atoms with E-state index in [2.05, 4.69) is 9.98 Å². The quantitative estimate of drug-likeness (QED) is 0.803. The van der Waals surface area contributed by atoms with Gasteiger partial charge in [0.2, 0.25) is 6.19 Å². The Hall–Kier alpha value is -2.87. The molecule has 0 bridgehead atoms. The van der Waals surface area contributed by atoms with Gasteiger partial charge in [-0.25, -0.2) is 4.79 Å². The average molecular weight is 253 g/mol. The number of pyridine rings is 1. The van der Waals surface area contributed by atoms with Crippen LogP contribution in [0.15, 0.2) is 41.5 Å². The Balaban J connectivity index is 2.45. The number of carboxylic acids is 1. The maximum absolute atomic E-state index is 10.8. The number of aryl methyl sites for hydroxylation is 1. The minimum Gasteiger partial charge on any atom is -0.478 e. The third kappa shape index (κ3) is 2.69. The molecule has 94 valence electrons. The first kappa shape index (κ1) is 12.6. The van der Waals surface area contributed by atoms with E-state index in [4.69, 9.17) is 10.4 Å². The Morgan fingerprint density at radius 2 is 2.05 bits per heavy atom. The molecule has 0 unspecified atom stereocenters. The van der Waals surface area contributed by atoms with E-state index in [1.807, 2.05) is 6.92 Å². The van der Waals surface area contributed by atoms with Crippen LogP contribution in [0.5, 0.6) is 0 Å². The molecule has 0 saturated carbocycles. The van der Waals surface area contributed by atoms with Crippen LogP contribution in [-0.2, 0) is 0 Å². The van der Waals surface area contributed by atoms with E-state index in [-0.39, 0.29) is 5.56 Å². The molecule has 1 heterocycles. The fourth-order valence-electron chi connectivity index (χ4n) is 1.81. The van der Waals surface area contributed by atoms with Crippen molar-refractivity contribution in [3.8, 4) is 17.3 Å². The van der Waals surface area contributed by atoms with E-state index in [1.54, 1.807) is 42.7 Å². The summed E-state index contributed by atoms with van der Waals surface area (Å²) in [5.74, 6) is -0.946. The number of hydrogen-bond acceptors (Lipinski definition) is 3. The second kappa shape index (κ2) is 5.19. The molecule has 1 aromatic heterocycles. The predicted molar refractivity (Wildman–Crippen MR) is 69.1 cm³/mol. The van der Waals surface area contributed by atoms with Gasteiger partial charge in [-0.15, -0.1) is 0 Å². The van der Waals surface area contributed by atoms with Gasteiger partial charge in [0.1, 0.15) is 5.49 Å². The molecule has 2 rings (SSSR count). The topological polar surface area (TPSA) is 89.2 Å². The van der Waals surface area contributed by atoms with Gasteiger partial charge in [0.25, 0.3) is 0 Å². The molecule has 2 aromatic rings. The summed E-state index contributed by atoms with van der Waals surface area (Å²) in [5, 5.41) is 17.3. The zero-order valence-corrected chi connectivity index (χ0v) is 10.2. The van der Waals surface area contributed by atoms with Crippen LogP contribution in [0.4, 0.5) is 0 Å². The Morgan fingerprint density at radius 3 is 2.58 bits per heavy atom. The van der Waals surface area contributed by atoms with Crippen molar-refractivity contribution in [2.75, 3.05) is 0 Å². The number of H-pyrrole nitrogens is 1. The number of hydrogen-bond donors (Lipinski definition) is 2. The molecular formula is C14H11N3O2. The lowest BCUT2D eigenvalue weighted by Crippen LogP contribution is -2.07. The van der Waals surface area contributed by atoms with E-state index in [9.17, 15) is 4.79 Å². The van der Waals surface area contributed by atoms with Crippen LogP contribution >= 0.6 is 0 Å². The first-order valence-electron chi connectivity index (χ1n) is 5.57. The van der Waals surface area contributed by atoms with Gasteiger partial charge in [-0.2, -0.15) is 10.3 Å². The van der Waals surface area contributed by atoms with Crippen LogP contribution in [0.1, 0.15) is 15.9 Å². The summed E-state index contributed by atoms with van der Waals surface area (Å²) < 4.78 is 0. The number of nitrogens with one attached hydrogen (secondary N) is 1. The van der Waals surface area contributed by atoms with Crippen molar-refractivity contribution >= 4 is 5.97 Å². The summed E-state index contributed by atoms with van der Waals surface area (Å²) >= 11 is 0. The second-order valence-electron chi connectivity index (χ2n) is 4.01. The maximum Gasteiger partial charge on any atom is 0.335 e. The van der Waals surface area contributed by atoms with E-state index in [1.165, 1.54) is 0 Å². The largest absolute Gasteiger partial charge is 0.478 e. The highest BCUT2D eigenvalue weighted by Crippen LogP contribution is 2.21. The van der Waals surface area contributed by atoms with E-state index in [0.29, 0.717) is 5.49 Å². The zero-order valence-electron chi connectivity index (χ0n) is 10.2. The molecule has 0 saturated heterocycles. The highest BCUT2D eigenvalue weighted by Gasteiger charge is 2.05. The summed E-state index contributed by atoms with van der Waals surface area (Å²) in [7, 11) is 0. The lowest BCUT2D eigenvalue weighted by molar-refractivity contribution is 0.0697. The summed E-state index contributed by atoms with van der Waals surface area (Å²) in [6, 6.07) is 8.39. The fraction of sp³-hybridized carbons (Fsp3) is 0.0714. The molecule has 5 heteroatoms. The number of nitriles is 1. The van der Waals surface area contributed by atoms with Crippen molar-refractivity contribution in [1.29, 1.82) is 5.26 Å². The number of aromatic amines is 1. The van der Waals surface area contributed by atoms with Crippen molar-refractivity contribution < 1.29 is 9.90 Å². The first-order valence-corrected chi connectivity index (χ1v) is 5.57. The van der Waals surface area contributed by atoms with Crippen LogP contribution in [0.25, 0.3) is 11.1 Å². The molecule has 0 aliphatic rings. The number of aromatic nitrogens is 1. The number of benzene rings is 1. The van der Waals surface area contributed by atoms with Gasteiger partial charge in [0.05, 0.1) is 5.56 Å². The van der Waals surface area contributed by atoms with Crippen LogP contribution < -0.4 is 5.49 Å². The number of carbonyl (C=O) groups is 1. The van der Waals surface area contributed by atoms with Crippen molar-refractivity contribution in [3.63, 3.8) is 0 Å². The minimum atomic E-state index is -0.946. The van der Waals surface area contributed by atoms with Crippen molar-refractivity contribution in [3.05, 3.63) is 53.1 Å². The lowest BCUT2D eigenvalue weighted by Gasteiger charge is -2.06. The number of carboxylic acid groups (broad SMARTS) is 1. The molecule has 5 nitrogen and oxygen atoms in total. The van der Waals surface area contributed by atoms with Gasteiger partial charge < -0.3 is 10.1 Å². The van der Waals surface area contributed by atoms with Crippen LogP contribution in [0, 0.1) is 18.4 Å². The molecule has 2 N–H and O–H groups in total. The Bertz CT molecular complexity index is 722. The predicted octanol–water partition coefficient (Wildman–Crippen LogP) is 2.07. The van der Waals surface area contributed by atoms with Gasteiger partial charge in [-0.3, -0.25) is 0 Å². The van der Waals surface area contributed by atoms with E-state index in [0.717, 1.165) is 16.7 Å². The number of rotatable bonds is 2. The summed E-state index contributed by atoms with van der Waals surface area (Å²) in [5.41, 5.74) is 3.54. The highest BCUT2D eigenvalue weighted by atomic mass is 16.4. The maximum atomic E-state index is 10.8. The molecule has 0 fully saturated rings. The molecule has 0 spiro atoms. The molecule has 0 radical (unpaired) electrons. The number of aromatic carboxylic acids is 1. The molecule has 19 heavy (non-hydrogen) atoms. The van der Waals surface area contributed by atoms with Gasteiger partial charge in [-0.1, -0.05) is 12.1 Å². The zero-order chi connectivity index (χ0) is 13.8. The fourth-order valence-corrected chi connectivity index (χ4v) is 1.81. The summed E-state index contributed by atoms with van der Waals surface area (Å²) in [6.45, 7) is 1.91. The van der Waals surface area contributed by atoms with Gasteiger partial charge >= 0.3 is 5.97 Å². The molecule has 0 amide bonds. The standard InChI is InChI=1S/C14H11N3O2/c1-9-6-13(17-8-15)16-7-12(9)10-2-4-11(5-3-10)14(18)19/h2-7H,1H3,(H,16,17)(H,18,19). The second-order valence-corrected chi connectivity index (χ2v) is 4.01. The number of nitrogens with zero attached hydrogens (tertiary/aromatic N) is 2. The van der Waals surface area contributed by atoms with Crippen LogP contribution in [0.3, 0.4) is 0 Å². The van der Waals surface area contributed by atoms with Crippen LogP contribution in [-0.4, -0.2) is 16.1 Å². The van der Waals surface area contributed by atoms with E-state index >= 15 is 0 Å². The summed E-state index contributed by atoms with van der Waals surface area (Å²) in [4.78, 5) is 17.3. The first-order chi connectivity index (χ1) is 9.11. The SMILES string of the molecule is Cc1c/c(=N/C#N)[nH]cc1-c1ccc(C(=O)O)cc1. The van der Waals surface area contributed by atoms with Crippen molar-refractivity contribution in [2.24, 2.45) is 4.99 Å². The smallest absolute Gasteiger partial charge is 0.335 e. The average Bonchev–Trinajstić information content (AvgIpc) is 2.39. The third-order valence-electron chi connectivity index (χ3n) is 2.76. The van der Waals surface area contributed by atoms with Gasteiger partial charge in [0.15, 0.2) is 0 Å². The Labute approximate surface area is 109 Å². The molecule has 0 aliphatic heterocycles.